The van der Waals surface area contributed by atoms with Crippen molar-refractivity contribution in [3.8, 4) is 11.6 Å². The van der Waals surface area contributed by atoms with Gasteiger partial charge < -0.3 is 14.7 Å². The summed E-state index contributed by atoms with van der Waals surface area (Å²) in [5.74, 6) is -0.953. The van der Waals surface area contributed by atoms with Crippen molar-refractivity contribution in [3.63, 3.8) is 0 Å². The van der Waals surface area contributed by atoms with Crippen molar-refractivity contribution >= 4 is 17.1 Å². The van der Waals surface area contributed by atoms with Gasteiger partial charge in [0.05, 0.1) is 6.20 Å². The molecule has 1 aromatic carbocycles. The van der Waals surface area contributed by atoms with Crippen LogP contribution in [0.1, 0.15) is 12.8 Å². The summed E-state index contributed by atoms with van der Waals surface area (Å²) in [6.45, 7) is 0.754. The Bertz CT molecular complexity index is 1000. The lowest BCUT2D eigenvalue weighted by Crippen LogP contribution is -2.41. The number of hydrogen-bond acceptors (Lipinski definition) is 5. The first-order chi connectivity index (χ1) is 13.0. The van der Waals surface area contributed by atoms with E-state index in [0.717, 1.165) is 18.2 Å². The van der Waals surface area contributed by atoms with Crippen molar-refractivity contribution < 1.29 is 23.4 Å². The first kappa shape index (κ1) is 17.1. The summed E-state index contributed by atoms with van der Waals surface area (Å²) in [7, 11) is 0. The highest BCUT2D eigenvalue weighted by Crippen LogP contribution is 2.27. The van der Waals surface area contributed by atoms with Gasteiger partial charge in [-0.15, -0.1) is 0 Å². The number of nitrogens with zero attached hydrogens (tertiary/aromatic N) is 5. The number of halogens is 2. The molecule has 0 saturated carbocycles. The molecule has 0 unspecified atom stereocenters. The molecule has 2 aromatic heterocycles. The maximum atomic E-state index is 14.1. The summed E-state index contributed by atoms with van der Waals surface area (Å²) < 4.78 is 34.7. The highest BCUT2D eigenvalue weighted by molar-refractivity contribution is 5.81. The van der Waals surface area contributed by atoms with Crippen molar-refractivity contribution in [2.24, 2.45) is 0 Å². The fraction of sp³-hybridized carbons (Fsp3) is 0.294. The van der Waals surface area contributed by atoms with Gasteiger partial charge >= 0.3 is 6.09 Å². The Balaban J connectivity index is 1.62. The molecule has 1 fully saturated rings. The molecule has 1 N–H and O–H groups in total. The van der Waals surface area contributed by atoms with Gasteiger partial charge in [-0.1, -0.05) is 0 Å². The second kappa shape index (κ2) is 6.78. The van der Waals surface area contributed by atoms with Gasteiger partial charge in [0.2, 0.25) is 5.88 Å². The summed E-state index contributed by atoms with van der Waals surface area (Å²) in [6.07, 6.45) is 2.61. The number of hydrogen-bond donors (Lipinski definition) is 1. The van der Waals surface area contributed by atoms with Crippen molar-refractivity contribution in [3.05, 3.63) is 42.4 Å². The molecular weight excluding hydrogens is 360 g/mol. The summed E-state index contributed by atoms with van der Waals surface area (Å²) in [5.41, 5.74) is 0.219. The smallest absolute Gasteiger partial charge is 0.407 e. The molecule has 10 heteroatoms. The Hall–Kier alpha value is -3.30. The lowest BCUT2D eigenvalue weighted by atomic mass is 10.1. The molecule has 0 atom stereocenters. The summed E-state index contributed by atoms with van der Waals surface area (Å²) in [6, 6.07) is 3.08. The van der Waals surface area contributed by atoms with Crippen LogP contribution in [-0.4, -0.2) is 55.0 Å². The Morgan fingerprint density at radius 1 is 1.22 bits per heavy atom. The second-order valence-electron chi connectivity index (χ2n) is 6.16. The lowest BCUT2D eigenvalue weighted by Gasteiger charge is -2.29. The van der Waals surface area contributed by atoms with Crippen LogP contribution < -0.4 is 4.74 Å². The predicted octanol–water partition coefficient (Wildman–Crippen LogP) is 2.61. The van der Waals surface area contributed by atoms with Gasteiger partial charge in [-0.05, 0) is 12.1 Å². The van der Waals surface area contributed by atoms with Crippen LogP contribution in [0.5, 0.6) is 5.88 Å². The molecule has 1 aliphatic rings. The Morgan fingerprint density at radius 3 is 2.74 bits per heavy atom. The van der Waals surface area contributed by atoms with E-state index >= 15 is 0 Å². The predicted molar refractivity (Wildman–Crippen MR) is 89.8 cm³/mol. The molecule has 140 valence electrons. The number of carbonyl (C=O) groups is 1. The molecule has 3 heterocycles. The van der Waals surface area contributed by atoms with Crippen molar-refractivity contribution in [1.82, 2.24) is 24.6 Å². The van der Waals surface area contributed by atoms with Crippen LogP contribution in [0.3, 0.4) is 0 Å². The third-order valence-electron chi connectivity index (χ3n) is 4.46. The van der Waals surface area contributed by atoms with Crippen LogP contribution in [0.15, 0.2) is 30.7 Å². The van der Waals surface area contributed by atoms with Crippen LogP contribution in [0.25, 0.3) is 16.7 Å². The molecule has 1 saturated heterocycles. The van der Waals surface area contributed by atoms with E-state index in [4.69, 9.17) is 9.84 Å². The van der Waals surface area contributed by atoms with Crippen molar-refractivity contribution in [1.29, 1.82) is 0 Å². The molecule has 4 rings (SSSR count). The quantitative estimate of drug-likeness (QED) is 0.756. The van der Waals surface area contributed by atoms with E-state index in [1.54, 1.807) is 0 Å². The van der Waals surface area contributed by atoms with Crippen LogP contribution >= 0.6 is 0 Å². The van der Waals surface area contributed by atoms with E-state index in [0.29, 0.717) is 31.3 Å². The van der Waals surface area contributed by atoms with E-state index in [9.17, 15) is 13.6 Å². The number of piperidine rings is 1. The number of ether oxygens (including phenoxy) is 1. The van der Waals surface area contributed by atoms with Gasteiger partial charge in [0, 0.05) is 32.0 Å². The van der Waals surface area contributed by atoms with E-state index in [2.05, 4.69) is 15.1 Å². The molecular formula is C17H15F2N5O3. The molecule has 27 heavy (non-hydrogen) atoms. The van der Waals surface area contributed by atoms with Gasteiger partial charge in [0.25, 0.3) is 0 Å². The number of carboxylic acid groups (broad SMARTS) is 1. The zero-order valence-corrected chi connectivity index (χ0v) is 14.0. The number of likely N-dealkylation sites (tertiary alicyclic amines) is 1. The fourth-order valence-electron chi connectivity index (χ4n) is 3.06. The third-order valence-corrected chi connectivity index (χ3v) is 4.46. The zero-order valence-electron chi connectivity index (χ0n) is 14.0. The molecule has 1 amide bonds. The number of benzene rings is 1. The minimum Gasteiger partial charge on any atom is -0.474 e. The van der Waals surface area contributed by atoms with Gasteiger partial charge in [-0.3, -0.25) is 0 Å². The number of fused-ring (bicyclic) bond motifs is 1. The topological polar surface area (TPSA) is 93.4 Å². The van der Waals surface area contributed by atoms with Crippen LogP contribution in [0.4, 0.5) is 13.6 Å². The third kappa shape index (κ3) is 3.25. The Morgan fingerprint density at radius 2 is 2.00 bits per heavy atom. The monoisotopic (exact) mass is 375 g/mol. The van der Waals surface area contributed by atoms with Gasteiger partial charge in [-0.2, -0.15) is 5.10 Å². The zero-order chi connectivity index (χ0) is 19.0. The highest BCUT2D eigenvalue weighted by atomic mass is 19.1. The Labute approximate surface area is 152 Å². The first-order valence-electron chi connectivity index (χ1n) is 8.31. The largest absolute Gasteiger partial charge is 0.474 e. The van der Waals surface area contributed by atoms with Crippen LogP contribution in [0, 0.1) is 11.6 Å². The number of aromatic nitrogens is 4. The fourth-order valence-corrected chi connectivity index (χ4v) is 3.06. The van der Waals surface area contributed by atoms with Crippen LogP contribution in [-0.2, 0) is 0 Å². The average molecular weight is 375 g/mol. The minimum absolute atomic E-state index is 0.0654. The van der Waals surface area contributed by atoms with E-state index in [1.165, 1.54) is 22.1 Å². The molecule has 0 bridgehead atoms. The summed E-state index contributed by atoms with van der Waals surface area (Å²) >= 11 is 0. The van der Waals surface area contributed by atoms with Crippen molar-refractivity contribution in [2.75, 3.05) is 13.1 Å². The molecule has 0 radical (unpaired) electrons. The minimum atomic E-state index is -0.948. The maximum absolute atomic E-state index is 14.1. The SMILES string of the molecule is O=C(O)N1CCC(Oc2ncnc3c2cnn3-c2cc(F)ccc2F)CC1. The Kier molecular flexibility index (Phi) is 4.30. The molecule has 3 aromatic rings. The second-order valence-corrected chi connectivity index (χ2v) is 6.16. The standard InChI is InChI=1S/C17H15F2N5O3/c18-10-1-2-13(19)14(7-10)24-15-12(8-22-24)16(21-9-20-15)27-11-3-5-23(6-4-11)17(25)26/h1-2,7-9,11H,3-6H2,(H,25,26). The van der Waals surface area contributed by atoms with E-state index < -0.39 is 17.7 Å². The van der Waals surface area contributed by atoms with Gasteiger partial charge in [0.15, 0.2) is 5.65 Å². The van der Waals surface area contributed by atoms with Crippen molar-refractivity contribution in [2.45, 2.75) is 18.9 Å². The molecule has 1 aliphatic heterocycles. The van der Waals surface area contributed by atoms with E-state index in [-0.39, 0.29) is 23.3 Å². The van der Waals surface area contributed by atoms with E-state index in [1.807, 2.05) is 0 Å². The first-order valence-corrected chi connectivity index (χ1v) is 8.31. The van der Waals surface area contributed by atoms with Crippen LogP contribution in [0.2, 0.25) is 0 Å². The summed E-state index contributed by atoms with van der Waals surface area (Å²) in [4.78, 5) is 20.5. The molecule has 0 spiro atoms. The molecule has 0 aliphatic carbocycles. The maximum Gasteiger partial charge on any atom is 0.407 e. The number of amides is 1. The number of rotatable bonds is 3. The van der Waals surface area contributed by atoms with Gasteiger partial charge in [-0.25, -0.2) is 28.2 Å². The molecule has 8 nitrogen and oxygen atoms in total. The summed E-state index contributed by atoms with van der Waals surface area (Å²) in [5, 5.41) is 13.6. The highest BCUT2D eigenvalue weighted by Gasteiger charge is 2.25. The lowest BCUT2D eigenvalue weighted by molar-refractivity contribution is 0.0879. The normalized spacial score (nSPS) is 15.3. The van der Waals surface area contributed by atoms with Gasteiger partial charge in [0.1, 0.15) is 35.1 Å². The average Bonchev–Trinajstić information content (AvgIpc) is 3.09.